The van der Waals surface area contributed by atoms with Gasteiger partial charge in [0.05, 0.1) is 11.6 Å². The van der Waals surface area contributed by atoms with Crippen LogP contribution in [0.2, 0.25) is 0 Å². The number of carbonyl (C=O) groups is 1. The Labute approximate surface area is 113 Å². The van der Waals surface area contributed by atoms with Gasteiger partial charge in [0.15, 0.2) is 0 Å². The summed E-state index contributed by atoms with van der Waals surface area (Å²) in [7, 11) is 1.67. The minimum atomic E-state index is -4.72. The smallest absolute Gasteiger partial charge is 0.344 e. The second-order valence-electron chi connectivity index (χ2n) is 4.79. The molecule has 1 amide bonds. The molecule has 0 saturated carbocycles. The molecule has 1 saturated heterocycles. The number of carbonyl (C=O) groups excluding carboxylic acids is 1. The van der Waals surface area contributed by atoms with E-state index in [1.807, 2.05) is 0 Å². The third-order valence-corrected chi connectivity index (χ3v) is 3.32. The maximum absolute atomic E-state index is 13.1. The van der Waals surface area contributed by atoms with Gasteiger partial charge in [-0.05, 0) is 24.1 Å². The predicted molar refractivity (Wildman–Crippen MR) is 64.3 cm³/mol. The Kier molecular flexibility index (Phi) is 3.99. The number of nitrogens with zero attached hydrogens (tertiary/aromatic N) is 1. The highest BCUT2D eigenvalue weighted by atomic mass is 19.4. The molecule has 1 aliphatic heterocycles. The van der Waals surface area contributed by atoms with Crippen LogP contribution in [0.1, 0.15) is 17.5 Å². The third kappa shape index (κ3) is 3.09. The summed E-state index contributed by atoms with van der Waals surface area (Å²) < 4.78 is 50.8. The molecule has 1 N–H and O–H groups in total. The monoisotopic (exact) mass is 290 g/mol. The fourth-order valence-electron chi connectivity index (χ4n) is 2.15. The summed E-state index contributed by atoms with van der Waals surface area (Å²) in [6, 6.07) is 2.45. The Morgan fingerprint density at radius 3 is 2.65 bits per heavy atom. The van der Waals surface area contributed by atoms with E-state index in [0.717, 1.165) is 12.1 Å². The molecule has 1 unspecified atom stereocenters. The first kappa shape index (κ1) is 14.8. The molecule has 2 rings (SSSR count). The Morgan fingerprint density at radius 2 is 2.10 bits per heavy atom. The summed E-state index contributed by atoms with van der Waals surface area (Å²) in [5.74, 6) is -1.37. The molecular weight excluding hydrogens is 276 g/mol. The molecule has 0 spiro atoms. The predicted octanol–water partition coefficient (Wildman–Crippen LogP) is 2.16. The first-order valence-electron chi connectivity index (χ1n) is 6.13. The SMILES string of the molecule is CN1CCC(NCc2ccc(F)c(C(F)(F)F)c2)C1=O. The summed E-state index contributed by atoms with van der Waals surface area (Å²) in [5, 5.41) is 2.90. The molecular formula is C13H14F4N2O. The average molecular weight is 290 g/mol. The molecule has 1 aliphatic rings. The number of amides is 1. The quantitative estimate of drug-likeness (QED) is 0.865. The molecule has 7 heteroatoms. The molecule has 1 atom stereocenters. The molecule has 0 aromatic heterocycles. The number of hydrogen-bond donors (Lipinski definition) is 1. The standard InChI is InChI=1S/C13H14F4N2O/c1-19-5-4-11(12(19)20)18-7-8-2-3-10(14)9(6-8)13(15,16)17/h2-3,6,11,18H,4-5,7H2,1H3. The van der Waals surface area contributed by atoms with Crippen molar-refractivity contribution in [3.05, 3.63) is 35.1 Å². The first-order chi connectivity index (χ1) is 9.29. The van der Waals surface area contributed by atoms with Crippen molar-refractivity contribution in [3.63, 3.8) is 0 Å². The summed E-state index contributed by atoms with van der Waals surface area (Å²) in [4.78, 5) is 13.2. The molecule has 1 aromatic carbocycles. The lowest BCUT2D eigenvalue weighted by atomic mass is 10.1. The zero-order valence-electron chi connectivity index (χ0n) is 10.8. The molecule has 1 aromatic rings. The first-order valence-corrected chi connectivity index (χ1v) is 6.13. The van der Waals surface area contributed by atoms with Gasteiger partial charge in [0.25, 0.3) is 0 Å². The fourth-order valence-corrected chi connectivity index (χ4v) is 2.15. The van der Waals surface area contributed by atoms with Gasteiger partial charge in [-0.25, -0.2) is 4.39 Å². The van der Waals surface area contributed by atoms with Crippen molar-refractivity contribution >= 4 is 5.91 Å². The van der Waals surface area contributed by atoms with Gasteiger partial charge in [-0.3, -0.25) is 4.79 Å². The van der Waals surface area contributed by atoms with Gasteiger partial charge in [-0.1, -0.05) is 6.07 Å². The second-order valence-corrected chi connectivity index (χ2v) is 4.79. The molecule has 20 heavy (non-hydrogen) atoms. The van der Waals surface area contributed by atoms with Crippen molar-refractivity contribution in [3.8, 4) is 0 Å². The van der Waals surface area contributed by atoms with Crippen molar-refractivity contribution in [2.75, 3.05) is 13.6 Å². The van der Waals surface area contributed by atoms with Gasteiger partial charge in [0.2, 0.25) is 5.91 Å². The van der Waals surface area contributed by atoms with Crippen LogP contribution in [0, 0.1) is 5.82 Å². The molecule has 110 valence electrons. The lowest BCUT2D eigenvalue weighted by Crippen LogP contribution is -2.36. The fraction of sp³-hybridized carbons (Fsp3) is 0.462. The van der Waals surface area contributed by atoms with Crippen LogP contribution in [0.15, 0.2) is 18.2 Å². The normalized spacial score (nSPS) is 19.8. The average Bonchev–Trinajstić information content (AvgIpc) is 2.68. The van der Waals surface area contributed by atoms with Crippen LogP contribution < -0.4 is 5.32 Å². The minimum absolute atomic E-state index is 0.0804. The number of alkyl halides is 3. The van der Waals surface area contributed by atoms with Crippen molar-refractivity contribution in [1.82, 2.24) is 10.2 Å². The van der Waals surface area contributed by atoms with Crippen molar-refractivity contribution in [2.24, 2.45) is 0 Å². The van der Waals surface area contributed by atoms with Crippen molar-refractivity contribution in [2.45, 2.75) is 25.2 Å². The van der Waals surface area contributed by atoms with Gasteiger partial charge in [0.1, 0.15) is 5.82 Å². The molecule has 0 bridgehead atoms. The Morgan fingerprint density at radius 1 is 1.40 bits per heavy atom. The van der Waals surface area contributed by atoms with Crippen LogP contribution in [0.5, 0.6) is 0 Å². The van der Waals surface area contributed by atoms with Gasteiger partial charge in [-0.15, -0.1) is 0 Å². The number of hydrogen-bond acceptors (Lipinski definition) is 2. The van der Waals surface area contributed by atoms with Crippen LogP contribution >= 0.6 is 0 Å². The van der Waals surface area contributed by atoms with Gasteiger partial charge in [-0.2, -0.15) is 13.2 Å². The van der Waals surface area contributed by atoms with Gasteiger partial charge in [0, 0.05) is 20.1 Å². The topological polar surface area (TPSA) is 32.3 Å². The third-order valence-electron chi connectivity index (χ3n) is 3.32. The number of rotatable bonds is 3. The molecule has 0 radical (unpaired) electrons. The summed E-state index contributed by atoms with van der Waals surface area (Å²) in [6.45, 7) is 0.710. The highest BCUT2D eigenvalue weighted by Gasteiger charge is 2.34. The van der Waals surface area contributed by atoms with Crippen LogP contribution in [-0.4, -0.2) is 30.4 Å². The van der Waals surface area contributed by atoms with E-state index in [1.54, 1.807) is 11.9 Å². The van der Waals surface area contributed by atoms with Crippen LogP contribution in [0.3, 0.4) is 0 Å². The van der Waals surface area contributed by atoms with Crippen LogP contribution in [0.4, 0.5) is 17.6 Å². The Balaban J connectivity index is 2.06. The van der Waals surface area contributed by atoms with E-state index in [4.69, 9.17) is 0 Å². The lowest BCUT2D eigenvalue weighted by Gasteiger charge is -2.14. The molecule has 1 fully saturated rings. The van der Waals surface area contributed by atoms with Gasteiger partial charge >= 0.3 is 6.18 Å². The molecule has 0 aliphatic carbocycles. The lowest BCUT2D eigenvalue weighted by molar-refractivity contribution is -0.140. The second kappa shape index (κ2) is 5.40. The van der Waals surface area contributed by atoms with E-state index in [9.17, 15) is 22.4 Å². The largest absolute Gasteiger partial charge is 0.419 e. The van der Waals surface area contributed by atoms with Crippen molar-refractivity contribution < 1.29 is 22.4 Å². The maximum Gasteiger partial charge on any atom is 0.419 e. The Hall–Kier alpha value is -1.63. The summed E-state index contributed by atoms with van der Waals surface area (Å²) >= 11 is 0. The summed E-state index contributed by atoms with van der Waals surface area (Å²) in [5.41, 5.74) is -0.993. The van der Waals surface area contributed by atoms with Gasteiger partial charge < -0.3 is 10.2 Å². The number of halogens is 4. The molecule has 3 nitrogen and oxygen atoms in total. The maximum atomic E-state index is 13.1. The van der Waals surface area contributed by atoms with E-state index in [0.29, 0.717) is 18.5 Å². The minimum Gasteiger partial charge on any atom is -0.344 e. The zero-order valence-corrected chi connectivity index (χ0v) is 10.8. The van der Waals surface area contributed by atoms with Crippen LogP contribution in [-0.2, 0) is 17.5 Å². The zero-order chi connectivity index (χ0) is 14.9. The number of benzene rings is 1. The Bertz CT molecular complexity index is 516. The molecule has 1 heterocycles. The van der Waals surface area contributed by atoms with E-state index >= 15 is 0 Å². The van der Waals surface area contributed by atoms with Crippen LogP contribution in [0.25, 0.3) is 0 Å². The van der Waals surface area contributed by atoms with Crippen molar-refractivity contribution in [1.29, 1.82) is 0 Å². The number of likely N-dealkylation sites (tertiary alicyclic amines) is 1. The number of likely N-dealkylation sites (N-methyl/N-ethyl adjacent to an activating group) is 1. The van der Waals surface area contributed by atoms with E-state index in [-0.39, 0.29) is 18.5 Å². The van der Waals surface area contributed by atoms with E-state index in [1.165, 1.54) is 6.07 Å². The number of nitrogens with one attached hydrogen (secondary N) is 1. The highest BCUT2D eigenvalue weighted by Crippen LogP contribution is 2.31. The van der Waals surface area contributed by atoms with E-state index in [2.05, 4.69) is 5.32 Å². The highest BCUT2D eigenvalue weighted by molar-refractivity contribution is 5.83. The van der Waals surface area contributed by atoms with E-state index < -0.39 is 17.6 Å². The summed E-state index contributed by atoms with van der Waals surface area (Å²) in [6.07, 6.45) is -4.11.